The highest BCUT2D eigenvalue weighted by atomic mass is 16.5. The summed E-state index contributed by atoms with van der Waals surface area (Å²) in [7, 11) is 0. The van der Waals surface area contributed by atoms with Gasteiger partial charge in [0.2, 0.25) is 0 Å². The van der Waals surface area contributed by atoms with Gasteiger partial charge < -0.3 is 9.64 Å². The molecule has 3 aliphatic carbocycles. The molecule has 1 heterocycles. The Bertz CT molecular complexity index is 2310. The van der Waals surface area contributed by atoms with Crippen LogP contribution in [-0.4, -0.2) is 12.6 Å². The van der Waals surface area contributed by atoms with Crippen LogP contribution >= 0.6 is 0 Å². The average Bonchev–Trinajstić information content (AvgIpc) is 3.73. The van der Waals surface area contributed by atoms with E-state index in [2.05, 4.69) is 179 Å². The fourth-order valence-electron chi connectivity index (χ4n) is 8.87. The molecule has 0 amide bonds. The van der Waals surface area contributed by atoms with Crippen molar-refractivity contribution >= 4 is 28.1 Å². The molecule has 0 saturated heterocycles. The lowest BCUT2D eigenvalue weighted by atomic mass is 9.82. The minimum atomic E-state index is -0.0874. The molecule has 1 unspecified atom stereocenters. The Morgan fingerprint density at radius 3 is 2.16 bits per heavy atom. The van der Waals surface area contributed by atoms with Gasteiger partial charge in [-0.3, -0.25) is 0 Å². The number of anilines is 2. The third kappa shape index (κ3) is 4.62. The van der Waals surface area contributed by atoms with Gasteiger partial charge in [-0.15, -0.1) is 0 Å². The second-order valence-electron chi connectivity index (χ2n) is 15.3. The number of nitrogens with zero attached hydrogens (tertiary/aromatic N) is 1. The van der Waals surface area contributed by atoms with Crippen LogP contribution in [0.1, 0.15) is 74.4 Å². The zero-order chi connectivity index (χ0) is 34.2. The Morgan fingerprint density at radius 1 is 0.700 bits per heavy atom. The Balaban J connectivity index is 1.20. The van der Waals surface area contributed by atoms with Crippen molar-refractivity contribution < 1.29 is 4.74 Å². The van der Waals surface area contributed by atoms with Crippen LogP contribution in [0.15, 0.2) is 145 Å². The quantitative estimate of drug-likeness (QED) is 0.188. The van der Waals surface area contributed by atoms with E-state index in [1.54, 1.807) is 0 Å². The number of fused-ring (bicyclic) bond motifs is 5. The zero-order valence-electron chi connectivity index (χ0n) is 29.6. The van der Waals surface area contributed by atoms with Crippen molar-refractivity contribution in [2.24, 2.45) is 0 Å². The predicted molar refractivity (Wildman–Crippen MR) is 210 cm³/mol. The normalized spacial score (nSPS) is 19.8. The first kappa shape index (κ1) is 30.7. The summed E-state index contributed by atoms with van der Waals surface area (Å²) in [4.78, 5) is 2.57. The molecule has 0 aromatic heterocycles. The molecule has 4 aliphatic rings. The highest BCUT2D eigenvalue weighted by molar-refractivity contribution is 5.96. The standard InChI is InChI=1S/C48H43NO/c1-31-40(38-17-10-11-18-41(38)47(31,2)3)28-34-30-50-45-21-13-20-44(46(34)45)49(35-24-22-33(23-25-35)32-14-7-6-8-15-32)36-26-27-39-37-16-9-12-19-42(37)48(4,5)43(39)29-36/h6-24,26-29,35H,25,30H2,1-5H3/b34-28+. The van der Waals surface area contributed by atoms with Crippen LogP contribution in [0.5, 0.6) is 5.75 Å². The molecule has 5 aromatic rings. The van der Waals surface area contributed by atoms with Gasteiger partial charge in [0.05, 0.1) is 11.7 Å². The summed E-state index contributed by atoms with van der Waals surface area (Å²) in [5, 5.41) is 0. The number of hydrogen-bond acceptors (Lipinski definition) is 2. The maximum atomic E-state index is 6.49. The first-order valence-corrected chi connectivity index (χ1v) is 18.0. The number of benzene rings is 5. The summed E-state index contributed by atoms with van der Waals surface area (Å²) < 4.78 is 6.49. The molecule has 9 rings (SSSR count). The van der Waals surface area contributed by atoms with E-state index in [1.807, 2.05) is 0 Å². The summed E-state index contributed by atoms with van der Waals surface area (Å²) >= 11 is 0. The second kappa shape index (κ2) is 11.4. The smallest absolute Gasteiger partial charge is 0.129 e. The van der Waals surface area contributed by atoms with Crippen LogP contribution < -0.4 is 9.64 Å². The topological polar surface area (TPSA) is 12.5 Å². The first-order chi connectivity index (χ1) is 24.2. The number of hydrogen-bond donors (Lipinski definition) is 0. The van der Waals surface area contributed by atoms with E-state index in [0.29, 0.717) is 6.61 Å². The Morgan fingerprint density at radius 2 is 1.40 bits per heavy atom. The van der Waals surface area contributed by atoms with E-state index < -0.39 is 0 Å². The van der Waals surface area contributed by atoms with Gasteiger partial charge in [0.15, 0.2) is 0 Å². The van der Waals surface area contributed by atoms with E-state index in [1.165, 1.54) is 78.2 Å². The largest absolute Gasteiger partial charge is 0.488 e. The number of rotatable bonds is 5. The minimum Gasteiger partial charge on any atom is -0.488 e. The molecule has 2 heteroatoms. The van der Waals surface area contributed by atoms with Gasteiger partial charge in [-0.2, -0.15) is 0 Å². The van der Waals surface area contributed by atoms with Gasteiger partial charge in [-0.25, -0.2) is 0 Å². The van der Waals surface area contributed by atoms with Gasteiger partial charge in [-0.1, -0.05) is 142 Å². The zero-order valence-corrected chi connectivity index (χ0v) is 29.6. The summed E-state index contributed by atoms with van der Waals surface area (Å²) in [5.41, 5.74) is 18.2. The van der Waals surface area contributed by atoms with Gasteiger partial charge in [0.25, 0.3) is 0 Å². The van der Waals surface area contributed by atoms with Gasteiger partial charge >= 0.3 is 0 Å². The van der Waals surface area contributed by atoms with Gasteiger partial charge in [-0.05, 0) is 93.8 Å². The van der Waals surface area contributed by atoms with Gasteiger partial charge in [0.1, 0.15) is 12.4 Å². The molecule has 1 atom stereocenters. The molecule has 0 N–H and O–H groups in total. The van der Waals surface area contributed by atoms with Crippen molar-refractivity contribution in [1.82, 2.24) is 0 Å². The van der Waals surface area contributed by atoms with Crippen LogP contribution in [0.25, 0.3) is 27.8 Å². The van der Waals surface area contributed by atoms with Crippen molar-refractivity contribution in [2.45, 2.75) is 57.9 Å². The molecular formula is C48H43NO. The third-order valence-corrected chi connectivity index (χ3v) is 11.9. The molecule has 1 aliphatic heterocycles. The van der Waals surface area contributed by atoms with Crippen LogP contribution in [0.4, 0.5) is 11.4 Å². The molecule has 5 aromatic carbocycles. The lowest BCUT2D eigenvalue weighted by molar-refractivity contribution is 0.388. The monoisotopic (exact) mass is 649 g/mol. The van der Waals surface area contributed by atoms with Crippen molar-refractivity contribution in [3.8, 4) is 16.9 Å². The Hall–Kier alpha value is -5.34. The minimum absolute atomic E-state index is 0.0126. The van der Waals surface area contributed by atoms with Crippen LogP contribution in [0, 0.1) is 0 Å². The van der Waals surface area contributed by atoms with E-state index in [9.17, 15) is 0 Å². The van der Waals surface area contributed by atoms with Crippen LogP contribution in [0.3, 0.4) is 0 Å². The average molecular weight is 650 g/mol. The Labute approximate surface area is 296 Å². The predicted octanol–water partition coefficient (Wildman–Crippen LogP) is 12.1. The molecule has 246 valence electrons. The lowest BCUT2D eigenvalue weighted by Gasteiger charge is -2.35. The SMILES string of the molecule is CC1=C(/C=C2\COc3cccc(N(c4ccc5c(c4)C(C)(C)c4ccccc4-5)C4C=CC(c5ccccc5)=CC4)c32)c2ccccc2C1(C)C. The molecule has 2 nitrogen and oxygen atoms in total. The number of allylic oxidation sites excluding steroid dienone is 5. The van der Waals surface area contributed by atoms with Gasteiger partial charge in [0, 0.05) is 27.7 Å². The lowest BCUT2D eigenvalue weighted by Crippen LogP contribution is -2.31. The summed E-state index contributed by atoms with van der Waals surface area (Å²) in [6, 6.07) is 42.4. The third-order valence-electron chi connectivity index (χ3n) is 11.9. The van der Waals surface area contributed by atoms with E-state index in [4.69, 9.17) is 4.74 Å². The highest BCUT2D eigenvalue weighted by Crippen LogP contribution is 2.53. The molecular weight excluding hydrogens is 607 g/mol. The molecule has 0 bridgehead atoms. The molecule has 50 heavy (non-hydrogen) atoms. The van der Waals surface area contributed by atoms with Crippen molar-refractivity contribution in [1.29, 1.82) is 0 Å². The van der Waals surface area contributed by atoms with E-state index in [0.717, 1.165) is 12.2 Å². The van der Waals surface area contributed by atoms with Crippen molar-refractivity contribution in [3.63, 3.8) is 0 Å². The number of ether oxygens (including phenoxy) is 1. The first-order valence-electron chi connectivity index (χ1n) is 18.0. The summed E-state index contributed by atoms with van der Waals surface area (Å²) in [5.74, 6) is 0.955. The van der Waals surface area contributed by atoms with E-state index in [-0.39, 0.29) is 16.9 Å². The van der Waals surface area contributed by atoms with Crippen molar-refractivity contribution in [2.75, 3.05) is 11.5 Å². The fraction of sp³-hybridized carbons (Fsp3) is 0.208. The molecule has 0 radical (unpaired) electrons. The second-order valence-corrected chi connectivity index (χ2v) is 15.3. The fourth-order valence-corrected chi connectivity index (χ4v) is 8.87. The molecule has 0 fully saturated rings. The highest BCUT2D eigenvalue weighted by Gasteiger charge is 2.38. The maximum absolute atomic E-state index is 6.49. The Kier molecular flexibility index (Phi) is 6.97. The maximum Gasteiger partial charge on any atom is 0.129 e. The molecule has 0 saturated carbocycles. The van der Waals surface area contributed by atoms with Crippen LogP contribution in [0.2, 0.25) is 0 Å². The summed E-state index contributed by atoms with van der Waals surface area (Å²) in [6.45, 7) is 12.3. The van der Waals surface area contributed by atoms with E-state index >= 15 is 0 Å². The molecule has 0 spiro atoms. The van der Waals surface area contributed by atoms with Crippen molar-refractivity contribution in [3.05, 3.63) is 179 Å². The summed E-state index contributed by atoms with van der Waals surface area (Å²) in [6.07, 6.45) is 10.4. The van der Waals surface area contributed by atoms with Crippen LogP contribution in [-0.2, 0) is 10.8 Å².